The minimum atomic E-state index is -0.162. The molecule has 2 aliphatic rings. The van der Waals surface area contributed by atoms with E-state index in [-0.39, 0.29) is 17.9 Å². The summed E-state index contributed by atoms with van der Waals surface area (Å²) in [5.41, 5.74) is 8.16. The van der Waals surface area contributed by atoms with Crippen LogP contribution in [-0.2, 0) is 9.53 Å². The molecule has 0 aromatic heterocycles. The normalized spacial score (nSPS) is 24.8. The number of allylic oxidation sites excluding steroid dienone is 1. The van der Waals surface area contributed by atoms with Gasteiger partial charge < -0.3 is 10.1 Å². The van der Waals surface area contributed by atoms with Gasteiger partial charge in [-0.3, -0.25) is 15.1 Å². The van der Waals surface area contributed by atoms with Crippen LogP contribution in [0, 0.1) is 5.92 Å². The van der Waals surface area contributed by atoms with Crippen molar-refractivity contribution in [3.05, 3.63) is 35.1 Å². The highest BCUT2D eigenvalue weighted by Gasteiger charge is 2.38. The molecule has 108 valence electrons. The maximum Gasteiger partial charge on any atom is 0.276 e. The molecule has 3 N–H and O–H groups in total. The zero-order valence-corrected chi connectivity index (χ0v) is 12.4. The van der Waals surface area contributed by atoms with Crippen LogP contribution in [0.2, 0.25) is 0 Å². The van der Waals surface area contributed by atoms with Gasteiger partial charge in [-0.1, -0.05) is 18.6 Å². The number of methoxy groups -OCH3 is 1. The van der Waals surface area contributed by atoms with Gasteiger partial charge >= 0.3 is 0 Å². The summed E-state index contributed by atoms with van der Waals surface area (Å²) in [4.78, 5) is 11.9. The second kappa shape index (κ2) is 5.53. The van der Waals surface area contributed by atoms with Crippen LogP contribution >= 0.6 is 0 Å². The first-order valence-corrected chi connectivity index (χ1v) is 6.77. The van der Waals surface area contributed by atoms with Crippen molar-refractivity contribution in [1.82, 2.24) is 5.32 Å². The average molecular weight is 276 g/mol. The predicted molar refractivity (Wildman–Crippen MR) is 78.3 cm³/mol. The van der Waals surface area contributed by atoms with E-state index in [2.05, 4.69) is 18.3 Å². The lowest BCUT2D eigenvalue weighted by molar-refractivity contribution is -0.465. The maximum absolute atomic E-state index is 11.9. The third kappa shape index (κ3) is 2.35. The number of nitrogens with two attached hydrogens (primary N) is 1. The Morgan fingerprint density at radius 3 is 2.75 bits per heavy atom. The van der Waals surface area contributed by atoms with Crippen molar-refractivity contribution in [3.8, 4) is 0 Å². The number of carbonyl (C=O) groups excluding carboxylic acids is 1. The molecule has 0 fully saturated rings. The number of nitrogens with one attached hydrogen (secondary N) is 1. The second-order valence-corrected chi connectivity index (χ2v) is 5.21. The lowest BCUT2D eigenvalue weighted by Gasteiger charge is -2.34. The van der Waals surface area contributed by atoms with Gasteiger partial charge in [0.05, 0.1) is 27.2 Å². The number of hydrogen-bond acceptors (Lipinski definition) is 2. The highest BCUT2D eigenvalue weighted by molar-refractivity contribution is 5.98. The summed E-state index contributed by atoms with van der Waals surface area (Å²) in [5.74, 6) is 1.39. The van der Waals surface area contributed by atoms with E-state index in [1.165, 1.54) is 0 Å². The molecule has 0 saturated heterocycles. The van der Waals surface area contributed by atoms with Crippen LogP contribution in [0.1, 0.15) is 13.3 Å². The Labute approximate surface area is 119 Å². The zero-order valence-electron chi connectivity index (χ0n) is 12.4. The van der Waals surface area contributed by atoms with Crippen LogP contribution in [0.15, 0.2) is 35.1 Å². The third-order valence-corrected chi connectivity index (χ3v) is 3.82. The summed E-state index contributed by atoms with van der Waals surface area (Å²) >= 11 is 0. The molecule has 1 heterocycles. The van der Waals surface area contributed by atoms with Gasteiger partial charge in [-0.15, -0.1) is 0 Å². The van der Waals surface area contributed by atoms with E-state index in [9.17, 15) is 4.79 Å². The van der Waals surface area contributed by atoms with Crippen LogP contribution < -0.4 is 11.1 Å². The van der Waals surface area contributed by atoms with Gasteiger partial charge in [0.25, 0.3) is 5.84 Å². The molecule has 0 spiro atoms. The molecule has 2 atom stereocenters. The molecule has 0 radical (unpaired) electrons. The highest BCUT2D eigenvalue weighted by Crippen LogP contribution is 2.33. The Bertz CT molecular complexity index is 551. The van der Waals surface area contributed by atoms with Crippen molar-refractivity contribution in [2.45, 2.75) is 19.4 Å². The van der Waals surface area contributed by atoms with Crippen LogP contribution in [0.5, 0.6) is 0 Å². The summed E-state index contributed by atoms with van der Waals surface area (Å²) in [6, 6.07) is -0.162. The fourth-order valence-corrected chi connectivity index (χ4v) is 2.73. The van der Waals surface area contributed by atoms with Gasteiger partial charge in [-0.25, -0.2) is 0 Å². The zero-order chi connectivity index (χ0) is 14.9. The molecule has 0 aromatic carbocycles. The van der Waals surface area contributed by atoms with Crippen molar-refractivity contribution in [1.29, 1.82) is 0 Å². The second-order valence-electron chi connectivity index (χ2n) is 5.21. The molecular formula is C15H22N3O2+. The Morgan fingerprint density at radius 1 is 1.50 bits per heavy atom. The van der Waals surface area contributed by atoms with Gasteiger partial charge in [0.1, 0.15) is 11.3 Å². The number of fused-ring (bicyclic) bond motifs is 1. The average Bonchev–Trinajstić information content (AvgIpc) is 2.43. The first-order chi connectivity index (χ1) is 9.49. The molecule has 2 rings (SSSR count). The van der Waals surface area contributed by atoms with Crippen LogP contribution in [0.3, 0.4) is 0 Å². The number of amidine groups is 1. The minimum Gasteiger partial charge on any atom is -0.496 e. The first-order valence-electron chi connectivity index (χ1n) is 6.77. The summed E-state index contributed by atoms with van der Waals surface area (Å²) in [7, 11) is 5.37. The molecule has 1 aliphatic heterocycles. The number of nitrogens with zero attached hydrogens (tertiary/aromatic N) is 1. The van der Waals surface area contributed by atoms with Gasteiger partial charge in [-0.2, -0.15) is 0 Å². The van der Waals surface area contributed by atoms with Crippen molar-refractivity contribution in [3.63, 3.8) is 0 Å². The lowest BCUT2D eigenvalue weighted by Crippen LogP contribution is -2.50. The molecular weight excluding hydrogens is 254 g/mol. The van der Waals surface area contributed by atoms with Crippen LogP contribution in [0.4, 0.5) is 0 Å². The predicted octanol–water partition coefficient (Wildman–Crippen LogP) is 0.537. The number of rotatable bonds is 3. The fourth-order valence-electron chi connectivity index (χ4n) is 2.73. The summed E-state index contributed by atoms with van der Waals surface area (Å²) in [5, 5.41) is 3.00. The van der Waals surface area contributed by atoms with Crippen LogP contribution in [-0.4, -0.2) is 43.6 Å². The first kappa shape index (κ1) is 14.4. The number of hydrogen-bond donors (Lipinski definition) is 2. The van der Waals surface area contributed by atoms with Crippen LogP contribution in [0.25, 0.3) is 0 Å². The topological polar surface area (TPSA) is 67.4 Å². The van der Waals surface area contributed by atoms with Crippen molar-refractivity contribution in [2.24, 2.45) is 11.7 Å². The van der Waals surface area contributed by atoms with Crippen molar-refractivity contribution >= 4 is 11.7 Å². The van der Waals surface area contributed by atoms with E-state index in [0.29, 0.717) is 11.6 Å². The summed E-state index contributed by atoms with van der Waals surface area (Å²) in [6.45, 7) is 2.06. The number of amides is 1. The number of carbonyl (C=O) groups is 1. The highest BCUT2D eigenvalue weighted by atomic mass is 16.5. The van der Waals surface area contributed by atoms with Gasteiger partial charge in [0.15, 0.2) is 0 Å². The molecule has 20 heavy (non-hydrogen) atoms. The molecule has 1 amide bonds. The molecule has 5 heteroatoms. The Hall–Kier alpha value is -2.04. The van der Waals surface area contributed by atoms with Gasteiger partial charge in [0, 0.05) is 12.0 Å². The number of ether oxygens (including phenoxy) is 1. The summed E-state index contributed by atoms with van der Waals surface area (Å²) < 4.78 is 7.26. The lowest BCUT2D eigenvalue weighted by atomic mass is 9.79. The largest absolute Gasteiger partial charge is 0.496 e. The standard InChI is InChI=1S/C15H21N3O2/c1-5-9-8-12(19)17-14-10(9)6-7-11(20-4)13(14)15(16)18(2)3/h6-8,10,14,16H,5H2,1-4H3,(H,17,19)/p+1. The molecule has 5 nitrogen and oxygen atoms in total. The Morgan fingerprint density at radius 2 is 2.20 bits per heavy atom. The smallest absolute Gasteiger partial charge is 0.276 e. The summed E-state index contributed by atoms with van der Waals surface area (Å²) in [6.07, 6.45) is 6.54. The Balaban J connectivity index is 2.55. The minimum absolute atomic E-state index is 0.0714. The van der Waals surface area contributed by atoms with E-state index in [1.807, 2.05) is 24.7 Å². The quantitative estimate of drug-likeness (QED) is 0.449. The molecule has 2 unspecified atom stereocenters. The van der Waals surface area contributed by atoms with E-state index >= 15 is 0 Å². The Kier molecular flexibility index (Phi) is 3.97. The van der Waals surface area contributed by atoms with Gasteiger partial charge in [0.2, 0.25) is 5.91 Å². The van der Waals surface area contributed by atoms with Crippen molar-refractivity contribution in [2.75, 3.05) is 21.2 Å². The van der Waals surface area contributed by atoms with Gasteiger partial charge in [-0.05, 0) is 12.5 Å². The van der Waals surface area contributed by atoms with E-state index in [0.717, 1.165) is 17.6 Å². The monoisotopic (exact) mass is 276 g/mol. The third-order valence-electron chi connectivity index (χ3n) is 3.82. The molecule has 0 bridgehead atoms. The van der Waals surface area contributed by atoms with E-state index in [4.69, 9.17) is 10.5 Å². The maximum atomic E-state index is 11.9. The van der Waals surface area contributed by atoms with E-state index < -0.39 is 0 Å². The molecule has 0 aromatic rings. The SMILES string of the molecule is CCC1=CC(=O)NC2C(C(N)=[N+](C)C)=C(OC)C=CC12. The molecule has 1 aliphatic carbocycles. The van der Waals surface area contributed by atoms with Crippen molar-refractivity contribution < 1.29 is 14.1 Å². The van der Waals surface area contributed by atoms with E-state index in [1.54, 1.807) is 13.2 Å². The fraction of sp³-hybridized carbons (Fsp3) is 0.467. The molecule has 0 saturated carbocycles.